The average molecular weight is 287 g/mol. The molecule has 0 rings (SSSR count). The lowest BCUT2D eigenvalue weighted by molar-refractivity contribution is -0.144. The number of hydrogen-bond donors (Lipinski definition) is 2. The van der Waals surface area contributed by atoms with E-state index in [1.54, 1.807) is 14.0 Å². The zero-order valence-electron chi connectivity index (χ0n) is 13.5. The Morgan fingerprint density at radius 3 is 2.15 bits per heavy atom. The maximum absolute atomic E-state index is 11.1. The largest absolute Gasteiger partial charge is 0.480 e. The third kappa shape index (κ3) is 9.32. The van der Waals surface area contributed by atoms with Gasteiger partial charge in [-0.1, -0.05) is 39.0 Å². The lowest BCUT2D eigenvalue weighted by Crippen LogP contribution is -2.47. The number of hydrogen-bond acceptors (Lipinski definition) is 3. The number of carboxylic acid groups (broad SMARTS) is 1. The Labute approximate surface area is 124 Å². The molecule has 20 heavy (non-hydrogen) atoms. The third-order valence-electron chi connectivity index (χ3n) is 3.88. The zero-order valence-corrected chi connectivity index (χ0v) is 13.5. The van der Waals surface area contributed by atoms with Gasteiger partial charge in [0.1, 0.15) is 5.54 Å². The lowest BCUT2D eigenvalue weighted by atomic mass is 9.95. The number of aliphatic carboxylic acids is 1. The molecule has 0 aliphatic rings. The molecule has 2 N–H and O–H groups in total. The van der Waals surface area contributed by atoms with E-state index in [-0.39, 0.29) is 0 Å². The van der Waals surface area contributed by atoms with Crippen molar-refractivity contribution in [3.63, 3.8) is 0 Å². The van der Waals surface area contributed by atoms with Crippen molar-refractivity contribution in [1.82, 2.24) is 5.32 Å². The molecule has 4 nitrogen and oxygen atoms in total. The molecule has 0 bridgehead atoms. The zero-order chi connectivity index (χ0) is 15.3. The SMILES string of the molecule is CCCCCCCCOCCCCC(C)(NC)C(=O)O. The van der Waals surface area contributed by atoms with Gasteiger partial charge in [-0.25, -0.2) is 0 Å². The van der Waals surface area contributed by atoms with Gasteiger partial charge < -0.3 is 15.2 Å². The highest BCUT2D eigenvalue weighted by atomic mass is 16.5. The first-order valence-electron chi connectivity index (χ1n) is 8.07. The van der Waals surface area contributed by atoms with Crippen LogP contribution in [-0.2, 0) is 9.53 Å². The summed E-state index contributed by atoms with van der Waals surface area (Å²) in [7, 11) is 1.70. The third-order valence-corrected chi connectivity index (χ3v) is 3.88. The van der Waals surface area contributed by atoms with Gasteiger partial charge in [0.25, 0.3) is 0 Å². The number of nitrogens with one attached hydrogen (secondary N) is 1. The van der Waals surface area contributed by atoms with Crippen LogP contribution in [0.3, 0.4) is 0 Å². The van der Waals surface area contributed by atoms with E-state index in [1.165, 1.54) is 32.1 Å². The topological polar surface area (TPSA) is 58.6 Å². The highest BCUT2D eigenvalue weighted by Crippen LogP contribution is 2.13. The van der Waals surface area contributed by atoms with Gasteiger partial charge in [0, 0.05) is 13.2 Å². The second-order valence-electron chi connectivity index (χ2n) is 5.72. The van der Waals surface area contributed by atoms with Crippen LogP contribution in [0.2, 0.25) is 0 Å². The van der Waals surface area contributed by atoms with Crippen LogP contribution >= 0.6 is 0 Å². The van der Waals surface area contributed by atoms with Gasteiger partial charge >= 0.3 is 5.97 Å². The molecular weight excluding hydrogens is 254 g/mol. The number of ether oxygens (including phenoxy) is 1. The molecule has 1 atom stereocenters. The Hall–Kier alpha value is -0.610. The van der Waals surface area contributed by atoms with Crippen LogP contribution in [0.4, 0.5) is 0 Å². The number of unbranched alkanes of at least 4 members (excludes halogenated alkanes) is 6. The van der Waals surface area contributed by atoms with Crippen LogP contribution in [0.25, 0.3) is 0 Å². The second kappa shape index (κ2) is 12.2. The lowest BCUT2D eigenvalue weighted by Gasteiger charge is -2.23. The van der Waals surface area contributed by atoms with E-state index < -0.39 is 11.5 Å². The molecule has 1 unspecified atom stereocenters. The van der Waals surface area contributed by atoms with Gasteiger partial charge in [0.05, 0.1) is 0 Å². The first-order chi connectivity index (χ1) is 9.56. The summed E-state index contributed by atoms with van der Waals surface area (Å²) >= 11 is 0. The number of carboxylic acids is 1. The fourth-order valence-corrected chi connectivity index (χ4v) is 2.11. The summed E-state index contributed by atoms with van der Waals surface area (Å²) in [5.41, 5.74) is -0.806. The van der Waals surface area contributed by atoms with Crippen LogP contribution in [0.1, 0.15) is 71.6 Å². The molecule has 0 radical (unpaired) electrons. The summed E-state index contributed by atoms with van der Waals surface area (Å²) in [6.07, 6.45) is 10.1. The second-order valence-corrected chi connectivity index (χ2v) is 5.72. The highest BCUT2D eigenvalue weighted by Gasteiger charge is 2.29. The number of carbonyl (C=O) groups is 1. The predicted octanol–water partition coefficient (Wildman–Crippen LogP) is 3.60. The van der Waals surface area contributed by atoms with Crippen molar-refractivity contribution >= 4 is 5.97 Å². The smallest absolute Gasteiger partial charge is 0.323 e. The predicted molar refractivity (Wildman–Crippen MR) is 83.1 cm³/mol. The van der Waals surface area contributed by atoms with E-state index in [2.05, 4.69) is 12.2 Å². The molecule has 0 amide bonds. The highest BCUT2D eigenvalue weighted by molar-refractivity contribution is 5.78. The summed E-state index contributed by atoms with van der Waals surface area (Å²) in [6.45, 7) is 5.54. The van der Waals surface area contributed by atoms with E-state index in [0.717, 1.165) is 32.5 Å². The van der Waals surface area contributed by atoms with Crippen molar-refractivity contribution in [1.29, 1.82) is 0 Å². The van der Waals surface area contributed by atoms with Crippen molar-refractivity contribution in [3.8, 4) is 0 Å². The molecule has 0 saturated heterocycles. The minimum atomic E-state index is -0.806. The average Bonchev–Trinajstić information content (AvgIpc) is 2.44. The molecule has 0 aromatic rings. The Bertz CT molecular complexity index is 246. The first kappa shape index (κ1) is 19.4. The van der Waals surface area contributed by atoms with E-state index >= 15 is 0 Å². The molecule has 0 saturated carbocycles. The molecule has 0 aromatic carbocycles. The van der Waals surface area contributed by atoms with Crippen LogP contribution < -0.4 is 5.32 Å². The van der Waals surface area contributed by atoms with Gasteiger partial charge in [0.2, 0.25) is 0 Å². The van der Waals surface area contributed by atoms with Gasteiger partial charge in [-0.2, -0.15) is 0 Å². The Kier molecular flexibility index (Phi) is 11.8. The van der Waals surface area contributed by atoms with E-state index in [0.29, 0.717) is 6.42 Å². The molecule has 0 heterocycles. The minimum Gasteiger partial charge on any atom is -0.480 e. The van der Waals surface area contributed by atoms with E-state index in [1.807, 2.05) is 0 Å². The molecule has 4 heteroatoms. The van der Waals surface area contributed by atoms with Crippen LogP contribution in [-0.4, -0.2) is 36.9 Å². The molecule has 0 aromatic heterocycles. The van der Waals surface area contributed by atoms with Gasteiger partial charge in [0.15, 0.2) is 0 Å². The summed E-state index contributed by atoms with van der Waals surface area (Å²) < 4.78 is 5.58. The fraction of sp³-hybridized carbons (Fsp3) is 0.938. The molecule has 120 valence electrons. The van der Waals surface area contributed by atoms with Crippen molar-refractivity contribution < 1.29 is 14.6 Å². The number of rotatable bonds is 14. The summed E-state index contributed by atoms with van der Waals surface area (Å²) in [5.74, 6) is -0.784. The van der Waals surface area contributed by atoms with Gasteiger partial charge in [-0.3, -0.25) is 4.79 Å². The summed E-state index contributed by atoms with van der Waals surface area (Å²) in [6, 6.07) is 0. The monoisotopic (exact) mass is 287 g/mol. The van der Waals surface area contributed by atoms with Crippen molar-refractivity contribution in [2.45, 2.75) is 77.2 Å². The van der Waals surface area contributed by atoms with Crippen molar-refractivity contribution in [2.24, 2.45) is 0 Å². The molecule has 0 spiro atoms. The standard InChI is InChI=1S/C16H33NO3/c1-4-5-6-7-8-10-13-20-14-11-9-12-16(2,17-3)15(18)19/h17H,4-14H2,1-3H3,(H,18,19). The fourth-order valence-electron chi connectivity index (χ4n) is 2.11. The molecule has 0 aliphatic carbocycles. The summed E-state index contributed by atoms with van der Waals surface area (Å²) in [5, 5.41) is 12.0. The molecule has 0 aliphatic heterocycles. The molecule has 0 fully saturated rings. The maximum Gasteiger partial charge on any atom is 0.323 e. The molecular formula is C16H33NO3. The Balaban J connectivity index is 3.34. The van der Waals surface area contributed by atoms with Crippen molar-refractivity contribution in [3.05, 3.63) is 0 Å². The normalized spacial score (nSPS) is 14.2. The Morgan fingerprint density at radius 2 is 1.60 bits per heavy atom. The number of likely N-dealkylation sites (N-methyl/N-ethyl adjacent to an activating group) is 1. The first-order valence-corrected chi connectivity index (χ1v) is 8.07. The summed E-state index contributed by atoms with van der Waals surface area (Å²) in [4.78, 5) is 11.1. The van der Waals surface area contributed by atoms with E-state index in [4.69, 9.17) is 9.84 Å². The van der Waals surface area contributed by atoms with E-state index in [9.17, 15) is 4.79 Å². The minimum absolute atomic E-state index is 0.638. The maximum atomic E-state index is 11.1. The van der Waals surface area contributed by atoms with Gasteiger partial charge in [-0.15, -0.1) is 0 Å². The van der Waals surface area contributed by atoms with Gasteiger partial charge in [-0.05, 0) is 39.7 Å². The Morgan fingerprint density at radius 1 is 1.05 bits per heavy atom. The van der Waals surface area contributed by atoms with Crippen LogP contribution in [0.5, 0.6) is 0 Å². The van der Waals surface area contributed by atoms with Crippen LogP contribution in [0.15, 0.2) is 0 Å². The van der Waals surface area contributed by atoms with Crippen LogP contribution in [0, 0.1) is 0 Å². The van der Waals surface area contributed by atoms with Crippen molar-refractivity contribution in [2.75, 3.05) is 20.3 Å². The quantitative estimate of drug-likeness (QED) is 0.479.